The molecule has 0 bridgehead atoms. The van der Waals surface area contributed by atoms with Crippen LogP contribution in [0.3, 0.4) is 0 Å². The van der Waals surface area contributed by atoms with E-state index in [1.54, 1.807) is 0 Å². The van der Waals surface area contributed by atoms with Gasteiger partial charge in [0.05, 0.1) is 7.11 Å². The monoisotopic (exact) mass is 510 g/mol. The van der Waals surface area contributed by atoms with Crippen molar-refractivity contribution in [3.63, 3.8) is 0 Å². The molecule has 17 heteroatoms. The molecule has 7 nitrogen and oxygen atoms in total. The summed E-state index contributed by atoms with van der Waals surface area (Å²) in [5, 5.41) is -10.1. The smallest absolute Gasteiger partial charge is 1.00 e. The maximum Gasteiger partial charge on any atom is 2.00 e. The van der Waals surface area contributed by atoms with E-state index in [-0.39, 0.29) is 46.1 Å². The molecule has 0 unspecified atom stereocenters. The number of methoxy groups -OCH3 is 1. The fourth-order valence-corrected chi connectivity index (χ4v) is 1.06. The van der Waals surface area contributed by atoms with Crippen LogP contribution in [-0.4, -0.2) is 69.3 Å². The van der Waals surface area contributed by atoms with Crippen molar-refractivity contribution >= 4 is 55.3 Å². The minimum absolute atomic E-state index is 0. The van der Waals surface area contributed by atoms with Gasteiger partial charge in [0.25, 0.3) is 0 Å². The van der Waals surface area contributed by atoms with E-state index in [0.29, 0.717) is 7.11 Å². The van der Waals surface area contributed by atoms with Crippen LogP contribution in [0.25, 0.3) is 0 Å². The Bertz CT molecular complexity index is 681. The molecule has 0 heterocycles. The van der Waals surface area contributed by atoms with Crippen LogP contribution in [-0.2, 0) is 34.8 Å². The Kier molecular flexibility index (Phi) is 18.9. The van der Waals surface area contributed by atoms with E-state index >= 15 is 0 Å². The molecule has 0 aliphatic carbocycles. The average Bonchev–Trinajstić information content (AvgIpc) is 2.45. The molecule has 0 amide bonds. The number of hydrogen-bond acceptors (Lipinski definition) is 7. The molecule has 0 aliphatic heterocycles. The number of allylic oxidation sites excluding steroid dienone is 1. The van der Waals surface area contributed by atoms with E-state index in [2.05, 4.69) is 24.5 Å². The molecular formula is C9H9BrF6MgO7S2. The summed E-state index contributed by atoms with van der Waals surface area (Å²) in [5.41, 5.74) is 0. The van der Waals surface area contributed by atoms with Gasteiger partial charge < -0.3 is 28.3 Å². The predicted molar refractivity (Wildman–Crippen MR) is 72.9 cm³/mol. The van der Waals surface area contributed by atoms with Gasteiger partial charge in [-0.2, -0.15) is 34.4 Å². The summed E-state index contributed by atoms with van der Waals surface area (Å²) < 4.78 is 112. The summed E-state index contributed by atoms with van der Waals surface area (Å²) in [6.45, 7) is 9.58. The van der Waals surface area contributed by atoms with Crippen molar-refractivity contribution in [2.75, 3.05) is 7.11 Å². The zero-order chi connectivity index (χ0) is 20.6. The van der Waals surface area contributed by atoms with Gasteiger partial charge in [-0.3, -0.25) is 11.4 Å². The second-order valence-corrected chi connectivity index (χ2v) is 5.75. The van der Waals surface area contributed by atoms with Gasteiger partial charge in [-0.15, -0.1) is 0 Å². The number of rotatable bonds is 5. The van der Waals surface area contributed by atoms with Gasteiger partial charge in [0.1, 0.15) is 0 Å². The molecule has 0 aromatic carbocycles. The van der Waals surface area contributed by atoms with Crippen LogP contribution in [0.5, 0.6) is 0 Å². The van der Waals surface area contributed by atoms with Gasteiger partial charge >= 0.3 is 60.0 Å². The third kappa shape index (κ3) is 10.5. The second kappa shape index (κ2) is 13.5. The first-order valence-corrected chi connectivity index (χ1v) is 7.53. The van der Waals surface area contributed by atoms with Crippen LogP contribution < -0.4 is 17.0 Å². The van der Waals surface area contributed by atoms with E-state index in [1.807, 2.05) is 0 Å². The Morgan fingerprint density at radius 1 is 0.962 bits per heavy atom. The van der Waals surface area contributed by atoms with Gasteiger partial charge in [0.2, 0.25) is 5.78 Å². The molecule has 0 radical (unpaired) electrons. The second-order valence-electron chi connectivity index (χ2n) is 2.97. The van der Waals surface area contributed by atoms with Crippen molar-refractivity contribution in [2.45, 2.75) is 10.5 Å². The third-order valence-corrected chi connectivity index (χ3v) is 3.10. The summed E-state index contributed by atoms with van der Waals surface area (Å²) in [7, 11) is -11.9. The van der Waals surface area contributed by atoms with E-state index < -0.39 is 42.7 Å². The van der Waals surface area contributed by atoms with Crippen molar-refractivity contribution in [1.29, 1.82) is 0 Å². The minimum Gasteiger partial charge on any atom is -1.00 e. The Balaban J connectivity index is -0.0000000962. The molecular weight excluding hydrogens is 502 g/mol. The molecule has 0 saturated carbocycles. The number of alkyl halides is 4. The van der Waals surface area contributed by atoms with Crippen molar-refractivity contribution in [2.24, 2.45) is 0 Å². The SMILES string of the molecule is C=CC(=O)C(F)(F)S(=O)(=O)F.COC(=O)C(F)(F)S(=O)(=O)F.[Br-].[CH-]=C.[Mg+2]. The maximum atomic E-state index is 11.9. The van der Waals surface area contributed by atoms with Crippen molar-refractivity contribution in [3.8, 4) is 0 Å². The molecule has 0 N–H and O–H groups in total. The van der Waals surface area contributed by atoms with E-state index in [1.165, 1.54) is 0 Å². The van der Waals surface area contributed by atoms with Gasteiger partial charge in [-0.05, 0) is 6.08 Å². The van der Waals surface area contributed by atoms with Crippen molar-refractivity contribution in [1.82, 2.24) is 0 Å². The Morgan fingerprint density at radius 2 is 1.23 bits per heavy atom. The molecule has 26 heavy (non-hydrogen) atoms. The van der Waals surface area contributed by atoms with Crippen LogP contribution in [0.1, 0.15) is 0 Å². The Morgan fingerprint density at radius 3 is 1.31 bits per heavy atom. The first-order chi connectivity index (χ1) is 10.5. The summed E-state index contributed by atoms with van der Waals surface area (Å²) in [4.78, 5) is 19.9. The van der Waals surface area contributed by atoms with E-state index in [4.69, 9.17) is 0 Å². The Labute approximate surface area is 171 Å². The van der Waals surface area contributed by atoms with Crippen LogP contribution in [0.4, 0.5) is 25.3 Å². The Hall–Kier alpha value is -0.654. The fourth-order valence-electron chi connectivity index (χ4n) is 0.457. The summed E-state index contributed by atoms with van der Waals surface area (Å²) >= 11 is 0. The van der Waals surface area contributed by atoms with Gasteiger partial charge in [0, 0.05) is 0 Å². The van der Waals surface area contributed by atoms with Gasteiger partial charge in [0.15, 0.2) is 0 Å². The van der Waals surface area contributed by atoms with Crippen LogP contribution in [0.2, 0.25) is 0 Å². The largest absolute Gasteiger partial charge is 2.00 e. The molecule has 0 fully saturated rings. The standard InChI is InChI=1S/C4H3F3O3S.C3H3F3O4S.C2H3.BrH.Mg/c1-2-3(8)4(5,6)11(7,9)10;1-10-2(7)3(4,5)11(6,8)9;1-2;;/h2H,1H2;1H3;1H,2H2;1H;/q;;-1;;+2/p-1. The molecule has 0 aromatic rings. The number of halogens is 7. The van der Waals surface area contributed by atoms with E-state index in [9.17, 15) is 51.8 Å². The first kappa shape index (κ1) is 36.3. The number of ether oxygens (including phenoxy) is 1. The van der Waals surface area contributed by atoms with Crippen LogP contribution >= 0.6 is 0 Å². The molecule has 0 saturated heterocycles. The quantitative estimate of drug-likeness (QED) is 0.104. The van der Waals surface area contributed by atoms with E-state index in [0.717, 1.165) is 0 Å². The first-order valence-electron chi connectivity index (χ1n) is 4.77. The number of esters is 1. The van der Waals surface area contributed by atoms with Gasteiger partial charge in [-0.25, -0.2) is 4.79 Å². The van der Waals surface area contributed by atoms with Gasteiger partial charge in [-0.1, -0.05) is 14.4 Å². The third-order valence-electron chi connectivity index (χ3n) is 1.51. The van der Waals surface area contributed by atoms with Crippen molar-refractivity contribution < 1.29 is 73.5 Å². The zero-order valence-corrected chi connectivity index (χ0v) is 17.2. The summed E-state index contributed by atoms with van der Waals surface area (Å²) in [5.74, 6) is -4.62. The minimum atomic E-state index is -6.22. The topological polar surface area (TPSA) is 112 Å². The maximum absolute atomic E-state index is 11.9. The summed E-state index contributed by atoms with van der Waals surface area (Å²) in [6, 6.07) is 0. The molecule has 0 aliphatic rings. The number of ketones is 1. The molecule has 0 rings (SSSR count). The average molecular weight is 511 g/mol. The zero-order valence-electron chi connectivity index (χ0n) is 12.6. The predicted octanol–water partition coefficient (Wildman–Crippen LogP) is -2.09. The molecule has 150 valence electrons. The summed E-state index contributed by atoms with van der Waals surface area (Å²) in [6.07, 6.45) is 0.0388. The number of carbonyl (C=O) groups excluding carboxylic acids is 2. The molecule has 0 atom stereocenters. The number of hydrogen-bond donors (Lipinski definition) is 0. The molecule has 0 aromatic heterocycles. The van der Waals surface area contributed by atoms with Crippen molar-refractivity contribution in [3.05, 3.63) is 25.8 Å². The number of carbonyl (C=O) groups is 2. The normalized spacial score (nSPS) is 10.9. The molecule has 0 spiro atoms. The fraction of sp³-hybridized carbons (Fsp3) is 0.333. The van der Waals surface area contributed by atoms with Crippen LogP contribution in [0.15, 0.2) is 19.2 Å². The van der Waals surface area contributed by atoms with Crippen LogP contribution in [0, 0.1) is 6.58 Å².